The zero-order valence-corrected chi connectivity index (χ0v) is 6.72. The van der Waals surface area contributed by atoms with Crippen molar-refractivity contribution in [2.45, 2.75) is 20.3 Å². The SMILES string of the molecule is C=CC1(C)CC=CC=C1C. The highest BCUT2D eigenvalue weighted by Gasteiger charge is 2.21. The van der Waals surface area contributed by atoms with Gasteiger partial charge in [0.15, 0.2) is 0 Å². The summed E-state index contributed by atoms with van der Waals surface area (Å²) in [6.07, 6.45) is 9.58. The summed E-state index contributed by atoms with van der Waals surface area (Å²) in [5.74, 6) is 0. The molecule has 0 saturated carbocycles. The summed E-state index contributed by atoms with van der Waals surface area (Å²) in [5, 5.41) is 0. The summed E-state index contributed by atoms with van der Waals surface area (Å²) in [7, 11) is 0. The van der Waals surface area contributed by atoms with Crippen LogP contribution >= 0.6 is 0 Å². The largest absolute Gasteiger partial charge is 0.102 e. The molecule has 1 aliphatic carbocycles. The molecule has 0 saturated heterocycles. The molecule has 0 aromatic rings. The lowest BCUT2D eigenvalue weighted by molar-refractivity contribution is 0.518. The topological polar surface area (TPSA) is 0 Å². The Hall–Kier alpha value is -0.780. The molecule has 1 atom stereocenters. The van der Waals surface area contributed by atoms with E-state index in [-0.39, 0.29) is 5.41 Å². The van der Waals surface area contributed by atoms with Gasteiger partial charge in [0, 0.05) is 5.41 Å². The normalized spacial score (nSPS) is 31.6. The fourth-order valence-corrected chi connectivity index (χ4v) is 1.12. The van der Waals surface area contributed by atoms with Gasteiger partial charge in [-0.05, 0) is 13.3 Å². The van der Waals surface area contributed by atoms with Crippen LogP contribution in [0.4, 0.5) is 0 Å². The van der Waals surface area contributed by atoms with Crippen LogP contribution < -0.4 is 0 Å². The van der Waals surface area contributed by atoms with Gasteiger partial charge in [-0.2, -0.15) is 0 Å². The van der Waals surface area contributed by atoms with Crippen LogP contribution in [0.25, 0.3) is 0 Å². The van der Waals surface area contributed by atoms with Crippen LogP contribution in [0.5, 0.6) is 0 Å². The molecule has 1 aliphatic rings. The predicted octanol–water partition coefficient (Wildman–Crippen LogP) is 3.08. The van der Waals surface area contributed by atoms with Crippen molar-refractivity contribution in [1.82, 2.24) is 0 Å². The van der Waals surface area contributed by atoms with Gasteiger partial charge >= 0.3 is 0 Å². The maximum atomic E-state index is 3.83. The van der Waals surface area contributed by atoms with Crippen molar-refractivity contribution in [3.63, 3.8) is 0 Å². The highest BCUT2D eigenvalue weighted by molar-refractivity contribution is 5.27. The lowest BCUT2D eigenvalue weighted by Gasteiger charge is -2.27. The van der Waals surface area contributed by atoms with Crippen LogP contribution in [0.1, 0.15) is 20.3 Å². The van der Waals surface area contributed by atoms with Gasteiger partial charge in [0.1, 0.15) is 0 Å². The Morgan fingerprint density at radius 1 is 1.70 bits per heavy atom. The summed E-state index contributed by atoms with van der Waals surface area (Å²) >= 11 is 0. The third kappa shape index (κ3) is 1.06. The van der Waals surface area contributed by atoms with Crippen molar-refractivity contribution < 1.29 is 0 Å². The van der Waals surface area contributed by atoms with Crippen molar-refractivity contribution in [2.24, 2.45) is 5.41 Å². The second kappa shape index (κ2) is 2.45. The zero-order chi connectivity index (χ0) is 7.61. The van der Waals surface area contributed by atoms with Crippen molar-refractivity contribution >= 4 is 0 Å². The number of hydrogen-bond donors (Lipinski definition) is 0. The van der Waals surface area contributed by atoms with E-state index in [0.717, 1.165) is 6.42 Å². The first kappa shape index (κ1) is 7.33. The summed E-state index contributed by atoms with van der Waals surface area (Å²) in [6.45, 7) is 8.21. The fraction of sp³-hybridized carbons (Fsp3) is 0.400. The Kier molecular flexibility index (Phi) is 1.80. The lowest BCUT2D eigenvalue weighted by Crippen LogP contribution is -2.14. The second-order valence-corrected chi connectivity index (χ2v) is 3.10. The Labute approximate surface area is 62.9 Å². The Morgan fingerprint density at radius 3 is 2.80 bits per heavy atom. The molecule has 0 aromatic carbocycles. The predicted molar refractivity (Wildman–Crippen MR) is 45.8 cm³/mol. The van der Waals surface area contributed by atoms with Gasteiger partial charge in [-0.15, -0.1) is 6.58 Å². The number of allylic oxidation sites excluding steroid dienone is 5. The molecule has 0 aromatic heterocycles. The first-order chi connectivity index (χ1) is 4.69. The van der Waals surface area contributed by atoms with E-state index in [2.05, 4.69) is 38.7 Å². The molecule has 1 rings (SSSR count). The zero-order valence-electron chi connectivity index (χ0n) is 6.72. The van der Waals surface area contributed by atoms with E-state index in [1.165, 1.54) is 5.57 Å². The van der Waals surface area contributed by atoms with Crippen molar-refractivity contribution in [2.75, 3.05) is 0 Å². The molecule has 0 bridgehead atoms. The van der Waals surface area contributed by atoms with Crippen molar-refractivity contribution in [3.8, 4) is 0 Å². The molecule has 10 heavy (non-hydrogen) atoms. The molecule has 0 heterocycles. The van der Waals surface area contributed by atoms with E-state index in [0.29, 0.717) is 0 Å². The Bertz CT molecular complexity index is 196. The van der Waals surface area contributed by atoms with E-state index in [1.807, 2.05) is 6.08 Å². The van der Waals surface area contributed by atoms with Crippen molar-refractivity contribution in [1.29, 1.82) is 0 Å². The first-order valence-electron chi connectivity index (χ1n) is 3.66. The lowest BCUT2D eigenvalue weighted by atomic mass is 9.77. The maximum Gasteiger partial charge on any atom is 0.00947 e. The minimum Gasteiger partial charge on any atom is -0.102 e. The minimum absolute atomic E-state index is 0.217. The molecule has 0 heteroatoms. The highest BCUT2D eigenvalue weighted by Crippen LogP contribution is 2.34. The molecule has 0 fully saturated rings. The van der Waals surface area contributed by atoms with E-state index >= 15 is 0 Å². The van der Waals surface area contributed by atoms with Gasteiger partial charge in [-0.1, -0.05) is 36.8 Å². The standard InChI is InChI=1S/C10H14/c1-4-10(3)8-6-5-7-9(10)2/h4-7H,1,8H2,2-3H3. The van der Waals surface area contributed by atoms with Gasteiger partial charge in [0.2, 0.25) is 0 Å². The van der Waals surface area contributed by atoms with Gasteiger partial charge in [0.05, 0.1) is 0 Å². The molecule has 0 radical (unpaired) electrons. The highest BCUT2D eigenvalue weighted by atomic mass is 14.3. The fourth-order valence-electron chi connectivity index (χ4n) is 1.12. The van der Waals surface area contributed by atoms with Crippen LogP contribution in [-0.4, -0.2) is 0 Å². The third-order valence-electron chi connectivity index (χ3n) is 2.38. The Balaban J connectivity index is 2.91. The van der Waals surface area contributed by atoms with Crippen LogP contribution in [0.2, 0.25) is 0 Å². The molecule has 0 nitrogen and oxygen atoms in total. The molecule has 0 N–H and O–H groups in total. The summed E-state index contributed by atoms with van der Waals surface area (Å²) in [5.41, 5.74) is 1.62. The van der Waals surface area contributed by atoms with Gasteiger partial charge in [0.25, 0.3) is 0 Å². The smallest absolute Gasteiger partial charge is 0.00947 e. The number of rotatable bonds is 1. The van der Waals surface area contributed by atoms with E-state index in [1.54, 1.807) is 0 Å². The van der Waals surface area contributed by atoms with Crippen molar-refractivity contribution in [3.05, 3.63) is 36.5 Å². The average molecular weight is 134 g/mol. The molecule has 0 aliphatic heterocycles. The molecule has 1 unspecified atom stereocenters. The summed E-state index contributed by atoms with van der Waals surface area (Å²) in [4.78, 5) is 0. The third-order valence-corrected chi connectivity index (χ3v) is 2.38. The van der Waals surface area contributed by atoms with Gasteiger partial charge in [-0.3, -0.25) is 0 Å². The van der Waals surface area contributed by atoms with Gasteiger partial charge < -0.3 is 0 Å². The monoisotopic (exact) mass is 134 g/mol. The summed E-state index contributed by atoms with van der Waals surface area (Å²) in [6, 6.07) is 0. The number of hydrogen-bond acceptors (Lipinski definition) is 0. The summed E-state index contributed by atoms with van der Waals surface area (Å²) < 4.78 is 0. The van der Waals surface area contributed by atoms with Crippen LogP contribution in [0, 0.1) is 5.41 Å². The molecule has 0 amide bonds. The molecule has 54 valence electrons. The second-order valence-electron chi connectivity index (χ2n) is 3.10. The maximum absolute atomic E-state index is 3.83. The van der Waals surface area contributed by atoms with Gasteiger partial charge in [-0.25, -0.2) is 0 Å². The van der Waals surface area contributed by atoms with Crippen LogP contribution in [0.15, 0.2) is 36.5 Å². The molecular weight excluding hydrogens is 120 g/mol. The van der Waals surface area contributed by atoms with E-state index < -0.39 is 0 Å². The minimum atomic E-state index is 0.217. The van der Waals surface area contributed by atoms with Crippen LogP contribution in [-0.2, 0) is 0 Å². The van der Waals surface area contributed by atoms with E-state index in [4.69, 9.17) is 0 Å². The molecule has 0 spiro atoms. The average Bonchev–Trinajstić information content (AvgIpc) is 1.96. The Morgan fingerprint density at radius 2 is 2.40 bits per heavy atom. The first-order valence-corrected chi connectivity index (χ1v) is 3.66. The van der Waals surface area contributed by atoms with E-state index in [9.17, 15) is 0 Å². The molecular formula is C10H14. The van der Waals surface area contributed by atoms with Crippen LogP contribution in [0.3, 0.4) is 0 Å². The quantitative estimate of drug-likeness (QED) is 0.483.